The van der Waals surface area contributed by atoms with Crippen molar-refractivity contribution in [2.75, 3.05) is 0 Å². The Kier molecular flexibility index (Phi) is 192. The molecule has 0 aromatic heterocycles. The smallest absolute Gasteiger partial charge is 0 e. The van der Waals surface area contributed by atoms with Crippen LogP contribution in [0.2, 0.25) is 0 Å². The van der Waals surface area contributed by atoms with Crippen LogP contribution in [-0.2, 0) is 131 Å². The van der Waals surface area contributed by atoms with Crippen LogP contribution in [0.1, 0.15) is 83.1 Å². The van der Waals surface area contributed by atoms with Crippen LogP contribution in [0.3, 0.4) is 0 Å². The summed E-state index contributed by atoms with van der Waals surface area (Å²) in [4.78, 5) is 0. The predicted octanol–water partition coefficient (Wildman–Crippen LogP) is 8.89. The molecule has 0 spiro atoms. The monoisotopic (exact) mass is 692 g/mol. The van der Waals surface area contributed by atoms with Gasteiger partial charge >= 0.3 is 0 Å². The van der Waals surface area contributed by atoms with Gasteiger partial charge in [-0.1, -0.05) is 55.4 Å². The minimum absolute atomic E-state index is 0. The summed E-state index contributed by atoms with van der Waals surface area (Å²) in [7, 11) is 0. The summed E-state index contributed by atoms with van der Waals surface area (Å²) in [5.74, 6) is 0. The molecule has 0 aliphatic carbocycles. The van der Waals surface area contributed by atoms with E-state index in [-0.39, 0.29) is 161 Å². The summed E-state index contributed by atoms with van der Waals surface area (Å²) in [5.41, 5.74) is 5.02. The molecule has 0 aliphatic heterocycles. The molecule has 0 N–H and O–H groups in total. The zero-order chi connectivity index (χ0) is 17.1. The molecule has 0 atom stereocenters. The van der Waals surface area contributed by atoms with Crippen molar-refractivity contribution in [1.29, 1.82) is 0 Å². The van der Waals surface area contributed by atoms with Crippen molar-refractivity contribution >= 4 is 0 Å². The maximum atomic E-state index is 2.94. The minimum atomic E-state index is 0. The Morgan fingerprint density at radius 2 is 0.357 bits per heavy atom. The van der Waals surface area contributed by atoms with E-state index in [0.29, 0.717) is 0 Å². The molecule has 0 saturated heterocycles. The van der Waals surface area contributed by atoms with Crippen LogP contribution in [0.5, 0.6) is 0 Å². The molecular weight excluding hydrogens is 644 g/mol. The Labute approximate surface area is 285 Å². The molecule has 0 aliphatic rings. The Hall–Kier alpha value is 3.38. The van der Waals surface area contributed by atoms with Crippen molar-refractivity contribution in [2.45, 2.75) is 83.1 Å². The normalized spacial score (nSPS) is 5.00. The van der Waals surface area contributed by atoms with Gasteiger partial charge in [0.1, 0.15) is 0 Å². The van der Waals surface area contributed by atoms with Gasteiger partial charge in [0, 0.05) is 131 Å². The van der Waals surface area contributed by atoms with Gasteiger partial charge < -0.3 is 54.0 Å². The van der Waals surface area contributed by atoms with Crippen molar-refractivity contribution < 1.29 is 131 Å². The number of hydrogen-bond acceptors (Lipinski definition) is 0. The number of hydrogen-bond donors (Lipinski definition) is 0. The van der Waals surface area contributed by atoms with E-state index in [2.05, 4.69) is 24.3 Å². The Morgan fingerprint density at radius 3 is 0.357 bits per heavy atom. The summed E-state index contributed by atoms with van der Waals surface area (Å²) >= 11 is 0. The van der Waals surface area contributed by atoms with E-state index in [4.69, 9.17) is 0 Å². The van der Waals surface area contributed by atoms with Gasteiger partial charge in [0.05, 0.1) is 0 Å². The van der Waals surface area contributed by atoms with E-state index in [9.17, 15) is 0 Å². The second-order valence-electron chi connectivity index (χ2n) is 5.00. The van der Waals surface area contributed by atoms with Gasteiger partial charge in [0.2, 0.25) is 0 Å². The van der Waals surface area contributed by atoms with Crippen LogP contribution in [-0.4, -0.2) is 0 Å². The first kappa shape index (κ1) is 77.1. The maximum absolute atomic E-state index is 2.94. The predicted molar refractivity (Wildman–Crippen MR) is 121 cm³/mol. The molecule has 28 heavy (non-hydrogen) atoms. The average molecular weight is 692 g/mol. The van der Waals surface area contributed by atoms with E-state index < -0.39 is 0 Å². The molecule has 164 valence electrons. The van der Waals surface area contributed by atoms with Gasteiger partial charge in [0.15, 0.2) is 0 Å². The number of rotatable bonds is 0. The van der Waals surface area contributed by atoms with E-state index in [1.807, 2.05) is 83.1 Å². The van der Waals surface area contributed by atoms with Crippen molar-refractivity contribution in [2.24, 2.45) is 0 Å². The molecule has 0 aromatic rings. The summed E-state index contributed by atoms with van der Waals surface area (Å²) < 4.78 is 0. The first-order valence-electron chi connectivity index (χ1n) is 7.00. The zero-order valence-electron chi connectivity index (χ0n) is 22.3. The van der Waals surface area contributed by atoms with Crippen molar-refractivity contribution in [3.8, 4) is 0 Å². The molecule has 0 saturated carbocycles. The van der Waals surface area contributed by atoms with E-state index in [1.54, 1.807) is 0 Å². The molecule has 4 radical (unpaired) electrons. The first-order valence-corrected chi connectivity index (χ1v) is 7.00. The third kappa shape index (κ3) is 183. The Bertz CT molecular complexity index is 233. The van der Waals surface area contributed by atoms with Crippen LogP contribution in [0.15, 0.2) is 22.3 Å². The Balaban J connectivity index is -0.0000000111. The van der Waals surface area contributed by atoms with Gasteiger partial charge in [0.25, 0.3) is 0 Å². The van der Waals surface area contributed by atoms with Crippen LogP contribution >= 0.6 is 0 Å². The van der Waals surface area contributed by atoms with E-state index in [0.717, 1.165) is 0 Å². The third-order valence-electron chi connectivity index (χ3n) is 2.00. The van der Waals surface area contributed by atoms with Gasteiger partial charge in [-0.3, -0.25) is 22.3 Å². The fourth-order valence-corrected chi connectivity index (χ4v) is 0. The molecule has 0 aromatic carbocycles. The Morgan fingerprint density at radius 1 is 0.321 bits per heavy atom. The largest absolute Gasteiger partial charge is 0.501 e. The minimum Gasteiger partial charge on any atom is -0.501 e. The second-order valence-corrected chi connectivity index (χ2v) is 5.00. The average Bonchev–Trinajstić information content (AvgIpc) is 2.40. The first-order chi connectivity index (χ1) is 9.08. The maximum Gasteiger partial charge on any atom is 0 e. The van der Waals surface area contributed by atoms with Gasteiger partial charge in [-0.15, -0.1) is 0 Å². The summed E-state index contributed by atoms with van der Waals surface area (Å²) in [6.07, 6.45) is 11.8. The van der Waals surface area contributed by atoms with Crippen LogP contribution in [0, 0.1) is 54.0 Å². The topological polar surface area (TPSA) is 0 Å². The second kappa shape index (κ2) is 69.8. The van der Waals surface area contributed by atoms with E-state index >= 15 is 0 Å². The van der Waals surface area contributed by atoms with Crippen molar-refractivity contribution in [3.05, 3.63) is 76.3 Å². The fourth-order valence-electron chi connectivity index (χ4n) is 0. The molecule has 0 rings (SSSR count). The van der Waals surface area contributed by atoms with Gasteiger partial charge in [-0.05, 0) is 0 Å². The van der Waals surface area contributed by atoms with Crippen molar-refractivity contribution in [1.82, 2.24) is 0 Å². The molecule has 0 nitrogen and oxygen atoms in total. The molecule has 0 amide bonds. The van der Waals surface area contributed by atoms with Gasteiger partial charge in [-0.25, -0.2) is 0 Å². The van der Waals surface area contributed by atoms with Gasteiger partial charge in [-0.2, -0.15) is 27.7 Å². The van der Waals surface area contributed by atoms with Crippen LogP contribution < -0.4 is 0 Å². The number of allylic oxidation sites excluding steroid dienone is 8. The third-order valence-corrected chi connectivity index (χ3v) is 2.00. The molecule has 0 heterocycles. The molecule has 0 unspecified atom stereocenters. The molecule has 4 heteroatoms. The standard InChI is InChI=1S/4C5H9.4CH3.4Y/c4*1-4-5(2)3;;;;;;;;/h4*1-3H3;4*1H3;;;;/q8*-1;;;;. The SMILES string of the molecule is C[C-]=C(C)C.C[C-]=C(C)C.C[C-]=C(C)C.C[C-]=C(C)C.[CH3-].[CH3-].[CH3-].[CH3-].[Y].[Y].[Y].[Y]. The summed E-state index contributed by atoms with van der Waals surface area (Å²) in [5, 5.41) is 0. The summed E-state index contributed by atoms with van der Waals surface area (Å²) in [6.45, 7) is 23.9. The van der Waals surface area contributed by atoms with Crippen LogP contribution in [0.4, 0.5) is 0 Å². The van der Waals surface area contributed by atoms with E-state index in [1.165, 1.54) is 22.3 Å². The molecule has 0 fully saturated rings. The quantitative estimate of drug-likeness (QED) is 0.223. The summed E-state index contributed by atoms with van der Waals surface area (Å²) in [6, 6.07) is 0. The van der Waals surface area contributed by atoms with Crippen molar-refractivity contribution in [3.63, 3.8) is 0 Å². The fraction of sp³-hybridized carbons (Fsp3) is 0.500. The molecule has 0 bridgehead atoms. The van der Waals surface area contributed by atoms with Crippen LogP contribution in [0.25, 0.3) is 0 Å². The molecular formula is C24H48Y4-8. The zero-order valence-corrected chi connectivity index (χ0v) is 33.7.